The fourth-order valence-corrected chi connectivity index (χ4v) is 1.78. The minimum atomic E-state index is 0. The van der Waals surface area contributed by atoms with Crippen molar-refractivity contribution in [3.63, 3.8) is 0 Å². The molecule has 1 atom stereocenters. The molecule has 16 heavy (non-hydrogen) atoms. The Morgan fingerprint density at radius 1 is 1.50 bits per heavy atom. The lowest BCUT2D eigenvalue weighted by Crippen LogP contribution is -2.45. The van der Waals surface area contributed by atoms with Gasteiger partial charge >= 0.3 is 0 Å². The summed E-state index contributed by atoms with van der Waals surface area (Å²) in [4.78, 5) is 6.39. The highest BCUT2D eigenvalue weighted by Crippen LogP contribution is 2.08. The molecule has 1 fully saturated rings. The van der Waals surface area contributed by atoms with Gasteiger partial charge in [0.25, 0.3) is 0 Å². The summed E-state index contributed by atoms with van der Waals surface area (Å²) < 4.78 is 5.58. The van der Waals surface area contributed by atoms with Crippen molar-refractivity contribution in [2.75, 3.05) is 32.8 Å². The molecule has 0 aromatic carbocycles. The van der Waals surface area contributed by atoms with E-state index in [1.54, 1.807) is 0 Å². The Labute approximate surface area is 115 Å². The Kier molecular flexibility index (Phi) is 8.04. The molecule has 1 unspecified atom stereocenters. The number of morpholine rings is 1. The summed E-state index contributed by atoms with van der Waals surface area (Å²) in [6, 6.07) is 0. The zero-order valence-electron chi connectivity index (χ0n) is 10.1. The van der Waals surface area contributed by atoms with Crippen LogP contribution in [-0.4, -0.2) is 49.7 Å². The number of halogens is 1. The van der Waals surface area contributed by atoms with E-state index in [1.165, 1.54) is 0 Å². The van der Waals surface area contributed by atoms with Crippen LogP contribution in [0.4, 0.5) is 0 Å². The number of hydrogen-bond acceptors (Lipinski definition) is 3. The summed E-state index contributed by atoms with van der Waals surface area (Å²) in [6.07, 6.45) is 0.139. The lowest BCUT2D eigenvalue weighted by Gasteiger charge is -2.33. The van der Waals surface area contributed by atoms with Crippen molar-refractivity contribution >= 4 is 29.9 Å². The van der Waals surface area contributed by atoms with Gasteiger partial charge in [0.2, 0.25) is 0 Å². The number of rotatable bonds is 4. The summed E-state index contributed by atoms with van der Waals surface area (Å²) >= 11 is 0. The molecule has 5 nitrogen and oxygen atoms in total. The fraction of sp³-hybridized carbons (Fsp3) is 0.900. The monoisotopic (exact) mass is 342 g/mol. The summed E-state index contributed by atoms with van der Waals surface area (Å²) in [6.45, 7) is 8.84. The van der Waals surface area contributed by atoms with Crippen molar-refractivity contribution < 1.29 is 4.74 Å². The van der Waals surface area contributed by atoms with Crippen molar-refractivity contribution in [2.45, 2.75) is 20.0 Å². The molecule has 0 aromatic rings. The van der Waals surface area contributed by atoms with Crippen LogP contribution in [0.1, 0.15) is 13.8 Å². The Bertz CT molecular complexity index is 219. The molecule has 0 amide bonds. The topological polar surface area (TPSA) is 76.9 Å². The Morgan fingerprint density at radius 2 is 2.19 bits per heavy atom. The molecule has 0 aliphatic carbocycles. The fourth-order valence-electron chi connectivity index (χ4n) is 1.78. The molecule has 0 bridgehead atoms. The number of guanidine groups is 1. The summed E-state index contributed by atoms with van der Waals surface area (Å²) in [7, 11) is 0. The minimum Gasteiger partial charge on any atom is -0.374 e. The average molecular weight is 342 g/mol. The maximum absolute atomic E-state index is 5.58. The van der Waals surface area contributed by atoms with Crippen LogP contribution in [0.2, 0.25) is 0 Å². The van der Waals surface area contributed by atoms with Gasteiger partial charge in [0.15, 0.2) is 5.96 Å². The first-order valence-electron chi connectivity index (χ1n) is 5.47. The molecule has 1 saturated heterocycles. The second-order valence-corrected chi connectivity index (χ2v) is 4.41. The quantitative estimate of drug-likeness (QED) is 0.436. The third-order valence-electron chi connectivity index (χ3n) is 2.32. The Balaban J connectivity index is 0.00000225. The number of nitrogens with two attached hydrogens (primary N) is 2. The van der Waals surface area contributed by atoms with Gasteiger partial charge in [-0.15, -0.1) is 24.0 Å². The summed E-state index contributed by atoms with van der Waals surface area (Å²) in [5.41, 5.74) is 10.6. The van der Waals surface area contributed by atoms with E-state index in [-0.39, 0.29) is 36.0 Å². The first-order valence-corrected chi connectivity index (χ1v) is 5.47. The molecule has 0 saturated carbocycles. The van der Waals surface area contributed by atoms with Crippen LogP contribution in [0, 0.1) is 5.92 Å². The van der Waals surface area contributed by atoms with Gasteiger partial charge in [-0.25, -0.2) is 0 Å². The maximum atomic E-state index is 5.58. The average Bonchev–Trinajstić information content (AvgIpc) is 2.14. The number of nitrogens with zero attached hydrogens (tertiary/aromatic N) is 2. The van der Waals surface area contributed by atoms with Crippen molar-refractivity contribution in [1.82, 2.24) is 4.90 Å². The van der Waals surface area contributed by atoms with Crippen LogP contribution in [-0.2, 0) is 4.74 Å². The molecule has 4 N–H and O–H groups in total. The molecule has 1 heterocycles. The first kappa shape index (κ1) is 15.9. The standard InChI is InChI=1S/C10H22N4O.HI/c1-8(2)6-14-3-4-15-9(7-14)5-13-10(11)12;/h8-9H,3-7H2,1-2H3,(H4,11,12,13);1H. The Hall–Kier alpha value is -0.0800. The van der Waals surface area contributed by atoms with Gasteiger partial charge in [-0.1, -0.05) is 13.8 Å². The van der Waals surface area contributed by atoms with Gasteiger partial charge in [-0.2, -0.15) is 0 Å². The number of hydrogen-bond donors (Lipinski definition) is 2. The zero-order valence-corrected chi connectivity index (χ0v) is 12.4. The normalized spacial score (nSPS) is 21.6. The molecule has 0 spiro atoms. The molecule has 1 aliphatic heterocycles. The van der Waals surface area contributed by atoms with Crippen molar-refractivity contribution in [2.24, 2.45) is 22.4 Å². The second-order valence-electron chi connectivity index (χ2n) is 4.41. The van der Waals surface area contributed by atoms with Crippen LogP contribution >= 0.6 is 24.0 Å². The van der Waals surface area contributed by atoms with E-state index in [0.717, 1.165) is 26.2 Å². The highest BCUT2D eigenvalue weighted by molar-refractivity contribution is 14.0. The summed E-state index contributed by atoms with van der Waals surface area (Å²) in [5.74, 6) is 0.825. The molecule has 0 aromatic heterocycles. The van der Waals surface area contributed by atoms with E-state index < -0.39 is 0 Å². The molecule has 96 valence electrons. The van der Waals surface area contributed by atoms with Crippen LogP contribution < -0.4 is 11.5 Å². The molecule has 1 aliphatic rings. The third kappa shape index (κ3) is 6.49. The largest absolute Gasteiger partial charge is 0.374 e. The lowest BCUT2D eigenvalue weighted by atomic mass is 10.2. The molecule has 0 radical (unpaired) electrons. The molecular formula is C10H23IN4O. The van der Waals surface area contributed by atoms with Crippen LogP contribution in [0.3, 0.4) is 0 Å². The number of ether oxygens (including phenoxy) is 1. The van der Waals surface area contributed by atoms with Crippen LogP contribution in [0.15, 0.2) is 4.99 Å². The van der Waals surface area contributed by atoms with Gasteiger partial charge in [0, 0.05) is 19.6 Å². The smallest absolute Gasteiger partial charge is 0.185 e. The minimum absolute atomic E-state index is 0. The zero-order chi connectivity index (χ0) is 11.3. The maximum Gasteiger partial charge on any atom is 0.185 e. The van der Waals surface area contributed by atoms with E-state index in [0.29, 0.717) is 12.5 Å². The van der Waals surface area contributed by atoms with Crippen molar-refractivity contribution in [1.29, 1.82) is 0 Å². The van der Waals surface area contributed by atoms with Gasteiger partial charge in [-0.05, 0) is 5.92 Å². The van der Waals surface area contributed by atoms with E-state index in [4.69, 9.17) is 16.2 Å². The van der Waals surface area contributed by atoms with E-state index in [2.05, 4.69) is 23.7 Å². The predicted molar refractivity (Wildman–Crippen MR) is 77.1 cm³/mol. The Morgan fingerprint density at radius 3 is 2.75 bits per heavy atom. The van der Waals surface area contributed by atoms with E-state index in [1.807, 2.05) is 0 Å². The molecule has 6 heteroatoms. The predicted octanol–water partition coefficient (Wildman–Crippen LogP) is 0.235. The first-order chi connectivity index (χ1) is 7.08. The SMILES string of the molecule is CC(C)CN1CCOC(CN=C(N)N)C1.I. The van der Waals surface area contributed by atoms with Gasteiger partial charge < -0.3 is 16.2 Å². The lowest BCUT2D eigenvalue weighted by molar-refractivity contribution is -0.0261. The van der Waals surface area contributed by atoms with Crippen molar-refractivity contribution in [3.8, 4) is 0 Å². The second kappa shape index (κ2) is 8.08. The molecule has 1 rings (SSSR count). The highest BCUT2D eigenvalue weighted by Gasteiger charge is 2.20. The van der Waals surface area contributed by atoms with Crippen molar-refractivity contribution in [3.05, 3.63) is 0 Å². The van der Waals surface area contributed by atoms with Gasteiger partial charge in [-0.3, -0.25) is 9.89 Å². The third-order valence-corrected chi connectivity index (χ3v) is 2.32. The van der Waals surface area contributed by atoms with Crippen LogP contribution in [0.25, 0.3) is 0 Å². The van der Waals surface area contributed by atoms with E-state index >= 15 is 0 Å². The van der Waals surface area contributed by atoms with Crippen LogP contribution in [0.5, 0.6) is 0 Å². The highest BCUT2D eigenvalue weighted by atomic mass is 127. The van der Waals surface area contributed by atoms with Gasteiger partial charge in [0.05, 0.1) is 19.3 Å². The molecular weight excluding hydrogens is 319 g/mol. The van der Waals surface area contributed by atoms with E-state index in [9.17, 15) is 0 Å². The summed E-state index contributed by atoms with van der Waals surface area (Å²) in [5, 5.41) is 0. The number of aliphatic imine (C=N–C) groups is 1. The van der Waals surface area contributed by atoms with Gasteiger partial charge in [0.1, 0.15) is 0 Å².